The number of hydrogen-bond acceptors (Lipinski definition) is 7. The summed E-state index contributed by atoms with van der Waals surface area (Å²) in [4.78, 5) is 50.2. The van der Waals surface area contributed by atoms with Gasteiger partial charge in [-0.15, -0.1) is 0 Å². The van der Waals surface area contributed by atoms with E-state index in [4.69, 9.17) is 15.2 Å². The number of nitrogens with one attached hydrogen (secondary N) is 1. The number of amides is 2. The molecule has 2 aromatic rings. The summed E-state index contributed by atoms with van der Waals surface area (Å²) in [6, 6.07) is 11.2. The lowest BCUT2D eigenvalue weighted by Crippen LogP contribution is -2.50. The zero-order valence-corrected chi connectivity index (χ0v) is 17.2. The molecule has 1 aliphatic rings. The van der Waals surface area contributed by atoms with E-state index in [-0.39, 0.29) is 23.4 Å². The molecule has 162 valence electrons. The van der Waals surface area contributed by atoms with Crippen LogP contribution in [0.25, 0.3) is 0 Å². The van der Waals surface area contributed by atoms with Crippen molar-refractivity contribution in [2.24, 2.45) is 5.73 Å². The summed E-state index contributed by atoms with van der Waals surface area (Å²) in [5.41, 5.74) is 8.01. The molecule has 1 aliphatic heterocycles. The summed E-state index contributed by atoms with van der Waals surface area (Å²) in [5.74, 6) is -2.27. The van der Waals surface area contributed by atoms with Gasteiger partial charge in [-0.05, 0) is 35.7 Å². The van der Waals surface area contributed by atoms with E-state index in [9.17, 15) is 19.2 Å². The van der Waals surface area contributed by atoms with Gasteiger partial charge in [0.1, 0.15) is 0 Å². The van der Waals surface area contributed by atoms with Crippen molar-refractivity contribution in [3.63, 3.8) is 0 Å². The Morgan fingerprint density at radius 1 is 1.00 bits per heavy atom. The molecule has 0 bridgehead atoms. The van der Waals surface area contributed by atoms with E-state index in [1.165, 1.54) is 32.4 Å². The van der Waals surface area contributed by atoms with Gasteiger partial charge in [-0.2, -0.15) is 0 Å². The number of primary amides is 1. The Hall–Kier alpha value is -3.72. The number of nitrogens with two attached hydrogens (primary N) is 1. The summed E-state index contributed by atoms with van der Waals surface area (Å²) in [6.45, 7) is 0.296. The predicted octanol–water partition coefficient (Wildman–Crippen LogP) is 1.11. The van der Waals surface area contributed by atoms with E-state index in [1.807, 2.05) is 24.3 Å². The van der Waals surface area contributed by atoms with E-state index in [0.717, 1.165) is 11.1 Å². The predicted molar refractivity (Wildman–Crippen MR) is 111 cm³/mol. The molecule has 9 heteroatoms. The molecule has 0 spiro atoms. The SMILES string of the molecule is COC(=O)c1cc(NC(=O)CN2Cc3ccccc3C[C@H]2C(N)=O)cc(C(=O)OC)c1. The Balaban J connectivity index is 1.80. The van der Waals surface area contributed by atoms with Crippen LogP contribution in [0, 0.1) is 0 Å². The van der Waals surface area contributed by atoms with Crippen molar-refractivity contribution in [3.05, 3.63) is 64.7 Å². The lowest BCUT2D eigenvalue weighted by molar-refractivity contribution is -0.125. The van der Waals surface area contributed by atoms with Crippen molar-refractivity contribution < 1.29 is 28.7 Å². The largest absolute Gasteiger partial charge is 0.465 e. The van der Waals surface area contributed by atoms with Crippen molar-refractivity contribution in [1.82, 2.24) is 4.90 Å². The Morgan fingerprint density at radius 3 is 2.13 bits per heavy atom. The Labute approximate surface area is 179 Å². The average molecular weight is 425 g/mol. The monoisotopic (exact) mass is 425 g/mol. The molecule has 1 atom stereocenters. The minimum absolute atomic E-state index is 0.0858. The highest BCUT2D eigenvalue weighted by molar-refractivity contribution is 6.00. The maximum Gasteiger partial charge on any atom is 0.337 e. The number of rotatable bonds is 6. The number of carbonyl (C=O) groups excluding carboxylic acids is 4. The third-order valence-corrected chi connectivity index (χ3v) is 5.08. The Bertz CT molecular complexity index is 1000. The first-order valence-electron chi connectivity index (χ1n) is 9.54. The van der Waals surface area contributed by atoms with E-state index in [2.05, 4.69) is 5.32 Å². The number of hydrogen-bond donors (Lipinski definition) is 2. The Kier molecular flexibility index (Phi) is 6.66. The molecule has 0 saturated heterocycles. The van der Waals surface area contributed by atoms with Gasteiger partial charge in [-0.1, -0.05) is 24.3 Å². The topological polar surface area (TPSA) is 128 Å². The van der Waals surface area contributed by atoms with Gasteiger partial charge in [0, 0.05) is 12.2 Å². The molecule has 9 nitrogen and oxygen atoms in total. The number of fused-ring (bicyclic) bond motifs is 1. The second-order valence-corrected chi connectivity index (χ2v) is 7.13. The van der Waals surface area contributed by atoms with Crippen molar-refractivity contribution in [2.45, 2.75) is 19.0 Å². The lowest BCUT2D eigenvalue weighted by atomic mass is 9.93. The second kappa shape index (κ2) is 9.40. The highest BCUT2D eigenvalue weighted by Gasteiger charge is 2.31. The molecule has 31 heavy (non-hydrogen) atoms. The smallest absolute Gasteiger partial charge is 0.337 e. The van der Waals surface area contributed by atoms with Gasteiger partial charge in [0.05, 0.1) is 37.9 Å². The summed E-state index contributed by atoms with van der Waals surface area (Å²) >= 11 is 0. The van der Waals surface area contributed by atoms with Gasteiger partial charge in [0.25, 0.3) is 0 Å². The first kappa shape index (κ1) is 22.0. The van der Waals surface area contributed by atoms with Crippen LogP contribution in [0.1, 0.15) is 31.8 Å². The molecule has 0 aliphatic carbocycles. The second-order valence-electron chi connectivity index (χ2n) is 7.13. The minimum atomic E-state index is -0.664. The summed E-state index contributed by atoms with van der Waals surface area (Å²) in [5, 5.41) is 2.66. The number of ether oxygens (including phenoxy) is 2. The minimum Gasteiger partial charge on any atom is -0.465 e. The first-order chi connectivity index (χ1) is 14.8. The molecule has 2 aromatic carbocycles. The van der Waals surface area contributed by atoms with Gasteiger partial charge >= 0.3 is 11.9 Å². The van der Waals surface area contributed by atoms with E-state index in [0.29, 0.717) is 13.0 Å². The fourth-order valence-electron chi connectivity index (χ4n) is 3.58. The summed E-state index contributed by atoms with van der Waals surface area (Å²) in [7, 11) is 2.42. The van der Waals surface area contributed by atoms with Crippen LogP contribution in [0.4, 0.5) is 5.69 Å². The molecule has 0 aromatic heterocycles. The molecule has 2 amide bonds. The van der Waals surface area contributed by atoms with E-state index < -0.39 is 29.8 Å². The fourth-order valence-corrected chi connectivity index (χ4v) is 3.58. The van der Waals surface area contributed by atoms with Crippen LogP contribution in [-0.4, -0.2) is 55.5 Å². The molecule has 3 rings (SSSR count). The number of nitrogens with zero attached hydrogens (tertiary/aromatic N) is 1. The van der Waals surface area contributed by atoms with E-state index >= 15 is 0 Å². The number of methoxy groups -OCH3 is 2. The fraction of sp³-hybridized carbons (Fsp3) is 0.273. The molecule has 3 N–H and O–H groups in total. The highest BCUT2D eigenvalue weighted by atomic mass is 16.5. The quantitative estimate of drug-likeness (QED) is 0.664. The van der Waals surface area contributed by atoms with Gasteiger partial charge in [0.15, 0.2) is 0 Å². The third-order valence-electron chi connectivity index (χ3n) is 5.08. The van der Waals surface area contributed by atoms with Crippen LogP contribution in [0.5, 0.6) is 0 Å². The number of anilines is 1. The number of esters is 2. The van der Waals surface area contributed by atoms with Gasteiger partial charge in [-0.3, -0.25) is 14.5 Å². The van der Waals surface area contributed by atoms with Crippen molar-refractivity contribution in [2.75, 3.05) is 26.1 Å². The lowest BCUT2D eigenvalue weighted by Gasteiger charge is -2.34. The van der Waals surface area contributed by atoms with Crippen LogP contribution >= 0.6 is 0 Å². The van der Waals surface area contributed by atoms with Crippen molar-refractivity contribution in [1.29, 1.82) is 0 Å². The van der Waals surface area contributed by atoms with Gasteiger partial charge in [0.2, 0.25) is 11.8 Å². The third kappa shape index (κ3) is 5.07. The summed E-state index contributed by atoms with van der Waals surface area (Å²) in [6.07, 6.45) is 0.420. The maximum absolute atomic E-state index is 12.7. The number of benzene rings is 2. The van der Waals surface area contributed by atoms with Crippen LogP contribution < -0.4 is 11.1 Å². The Morgan fingerprint density at radius 2 is 1.58 bits per heavy atom. The summed E-state index contributed by atoms with van der Waals surface area (Å²) < 4.78 is 9.39. The standard InChI is InChI=1S/C22H23N3O6/c1-30-21(28)15-7-16(22(29)31-2)9-17(8-15)24-19(26)12-25-11-14-6-4-3-5-13(14)10-18(25)20(23)27/h3-9,18H,10-12H2,1-2H3,(H2,23,27)(H,24,26)/t18-/m0/s1. The molecule has 0 fully saturated rings. The maximum atomic E-state index is 12.7. The molecular weight excluding hydrogens is 402 g/mol. The van der Waals surface area contributed by atoms with Crippen LogP contribution in [-0.2, 0) is 32.0 Å². The average Bonchev–Trinajstić information content (AvgIpc) is 2.76. The van der Waals surface area contributed by atoms with Crippen LogP contribution in [0.15, 0.2) is 42.5 Å². The van der Waals surface area contributed by atoms with Gasteiger partial charge in [-0.25, -0.2) is 9.59 Å². The van der Waals surface area contributed by atoms with Gasteiger partial charge < -0.3 is 20.5 Å². The van der Waals surface area contributed by atoms with Crippen molar-refractivity contribution >= 4 is 29.4 Å². The molecular formula is C22H23N3O6. The molecule has 0 unspecified atom stereocenters. The molecule has 1 heterocycles. The first-order valence-corrected chi connectivity index (χ1v) is 9.54. The zero-order chi connectivity index (χ0) is 22.5. The van der Waals surface area contributed by atoms with Crippen LogP contribution in [0.2, 0.25) is 0 Å². The molecule has 0 radical (unpaired) electrons. The normalized spacial score (nSPS) is 15.5. The van der Waals surface area contributed by atoms with E-state index in [1.54, 1.807) is 4.90 Å². The zero-order valence-electron chi connectivity index (χ0n) is 17.2. The van der Waals surface area contributed by atoms with Crippen molar-refractivity contribution in [3.8, 4) is 0 Å². The van der Waals surface area contributed by atoms with Crippen LogP contribution in [0.3, 0.4) is 0 Å². The highest BCUT2D eigenvalue weighted by Crippen LogP contribution is 2.23. The molecule has 0 saturated carbocycles. The number of carbonyl (C=O) groups is 4.